The van der Waals surface area contributed by atoms with Gasteiger partial charge in [-0.2, -0.15) is 13.2 Å². The Bertz CT molecular complexity index is 503. The number of sulfonamides is 1. The molecule has 0 aliphatic heterocycles. The fourth-order valence-corrected chi connectivity index (χ4v) is 2.39. The van der Waals surface area contributed by atoms with Crippen molar-refractivity contribution in [3.8, 4) is 0 Å². The molecular weight excluding hydrogens is 305 g/mol. The maximum Gasteiger partial charge on any atom is 0.389 e. The highest BCUT2D eigenvalue weighted by molar-refractivity contribution is 7.89. The van der Waals surface area contributed by atoms with Crippen molar-refractivity contribution in [1.82, 2.24) is 9.71 Å². The van der Waals surface area contributed by atoms with E-state index in [0.717, 1.165) is 6.20 Å². The maximum atomic E-state index is 11.9. The van der Waals surface area contributed by atoms with Gasteiger partial charge in [-0.25, -0.2) is 18.1 Å². The third kappa shape index (κ3) is 6.22. The highest BCUT2D eigenvalue weighted by Crippen LogP contribution is 2.22. The number of aromatic nitrogens is 1. The molecule has 1 aromatic rings. The molecule has 1 N–H and O–H groups in total. The van der Waals surface area contributed by atoms with Crippen LogP contribution in [-0.4, -0.2) is 26.1 Å². The van der Waals surface area contributed by atoms with Crippen molar-refractivity contribution in [2.75, 3.05) is 6.54 Å². The first-order chi connectivity index (χ1) is 8.71. The Morgan fingerprint density at radius 2 is 1.95 bits per heavy atom. The average Bonchev–Trinajstić information content (AvgIpc) is 2.27. The van der Waals surface area contributed by atoms with E-state index in [1.807, 2.05) is 0 Å². The van der Waals surface area contributed by atoms with Gasteiger partial charge in [0.1, 0.15) is 10.0 Å². The first-order valence-corrected chi connectivity index (χ1v) is 7.25. The highest BCUT2D eigenvalue weighted by Gasteiger charge is 2.25. The van der Waals surface area contributed by atoms with Crippen LogP contribution >= 0.6 is 11.6 Å². The van der Waals surface area contributed by atoms with Crippen molar-refractivity contribution in [2.24, 2.45) is 0 Å². The van der Waals surface area contributed by atoms with Crippen LogP contribution in [-0.2, 0) is 10.0 Å². The van der Waals surface area contributed by atoms with Crippen LogP contribution in [0.25, 0.3) is 0 Å². The lowest BCUT2D eigenvalue weighted by atomic mass is 10.2. The quantitative estimate of drug-likeness (QED) is 0.648. The number of nitrogens with zero attached hydrogens (tertiary/aromatic N) is 1. The summed E-state index contributed by atoms with van der Waals surface area (Å²) in [7, 11) is -3.75. The topological polar surface area (TPSA) is 59.1 Å². The zero-order valence-corrected chi connectivity index (χ0v) is 11.3. The summed E-state index contributed by atoms with van der Waals surface area (Å²) >= 11 is 5.52. The SMILES string of the molecule is O=S(=O)(NCCCCC(F)(F)F)c1ccc(Cl)nc1. The van der Waals surface area contributed by atoms with Crippen molar-refractivity contribution in [3.05, 3.63) is 23.5 Å². The highest BCUT2D eigenvalue weighted by atomic mass is 35.5. The molecule has 0 aromatic carbocycles. The third-order valence-electron chi connectivity index (χ3n) is 2.19. The third-order valence-corrected chi connectivity index (χ3v) is 3.86. The summed E-state index contributed by atoms with van der Waals surface area (Å²) in [5.41, 5.74) is 0. The molecule has 19 heavy (non-hydrogen) atoms. The van der Waals surface area contributed by atoms with Gasteiger partial charge in [-0.05, 0) is 25.0 Å². The molecular formula is C10H12ClF3N2O2S. The van der Waals surface area contributed by atoms with Crippen molar-refractivity contribution in [3.63, 3.8) is 0 Å². The largest absolute Gasteiger partial charge is 0.389 e. The van der Waals surface area contributed by atoms with E-state index in [1.165, 1.54) is 12.1 Å². The number of alkyl halides is 3. The van der Waals surface area contributed by atoms with E-state index in [-0.39, 0.29) is 29.4 Å². The second kappa shape index (κ2) is 6.53. The van der Waals surface area contributed by atoms with Gasteiger partial charge in [0.15, 0.2) is 0 Å². The van der Waals surface area contributed by atoms with Crippen LogP contribution in [0.15, 0.2) is 23.2 Å². The van der Waals surface area contributed by atoms with Crippen molar-refractivity contribution >= 4 is 21.6 Å². The van der Waals surface area contributed by atoms with Gasteiger partial charge in [-0.1, -0.05) is 11.6 Å². The molecule has 1 rings (SSSR count). The summed E-state index contributed by atoms with van der Waals surface area (Å²) < 4.78 is 61.2. The number of rotatable bonds is 6. The minimum atomic E-state index is -4.21. The molecule has 4 nitrogen and oxygen atoms in total. The maximum absolute atomic E-state index is 11.9. The van der Waals surface area contributed by atoms with Gasteiger partial charge in [-0.15, -0.1) is 0 Å². The summed E-state index contributed by atoms with van der Waals surface area (Å²) in [5.74, 6) is 0. The first kappa shape index (κ1) is 16.2. The molecule has 0 unspecified atom stereocenters. The number of hydrogen-bond acceptors (Lipinski definition) is 3. The monoisotopic (exact) mass is 316 g/mol. The summed E-state index contributed by atoms with van der Waals surface area (Å²) in [4.78, 5) is 3.54. The Morgan fingerprint density at radius 3 is 2.47 bits per heavy atom. The zero-order chi connectivity index (χ0) is 14.5. The van der Waals surface area contributed by atoms with Gasteiger partial charge in [0.25, 0.3) is 0 Å². The average molecular weight is 317 g/mol. The molecule has 0 saturated heterocycles. The molecule has 108 valence electrons. The number of hydrogen-bond donors (Lipinski definition) is 1. The Hall–Kier alpha value is -0.860. The summed E-state index contributed by atoms with van der Waals surface area (Å²) in [6.45, 7) is -0.0545. The van der Waals surface area contributed by atoms with E-state index >= 15 is 0 Å². The van der Waals surface area contributed by atoms with E-state index in [4.69, 9.17) is 11.6 Å². The van der Waals surface area contributed by atoms with Crippen LogP contribution in [0, 0.1) is 0 Å². The van der Waals surface area contributed by atoms with Gasteiger partial charge in [-0.3, -0.25) is 0 Å². The molecule has 0 atom stereocenters. The smallest absolute Gasteiger partial charge is 0.243 e. The van der Waals surface area contributed by atoms with Gasteiger partial charge in [0.2, 0.25) is 10.0 Å². The van der Waals surface area contributed by atoms with Crippen molar-refractivity contribution in [2.45, 2.75) is 30.3 Å². The lowest BCUT2D eigenvalue weighted by Gasteiger charge is -2.07. The summed E-state index contributed by atoms with van der Waals surface area (Å²) in [6.07, 6.45) is -4.05. The molecule has 0 amide bonds. The van der Waals surface area contributed by atoms with Crippen LogP contribution in [0.2, 0.25) is 5.15 Å². The minimum Gasteiger partial charge on any atom is -0.243 e. The van der Waals surface area contributed by atoms with E-state index in [9.17, 15) is 21.6 Å². The Labute approximate surface area is 114 Å². The lowest BCUT2D eigenvalue weighted by Crippen LogP contribution is -2.25. The second-order valence-electron chi connectivity index (χ2n) is 3.79. The molecule has 1 heterocycles. The number of unbranched alkanes of at least 4 members (excludes halogenated alkanes) is 1. The van der Waals surface area contributed by atoms with E-state index in [2.05, 4.69) is 9.71 Å². The first-order valence-electron chi connectivity index (χ1n) is 5.39. The van der Waals surface area contributed by atoms with E-state index in [1.54, 1.807) is 0 Å². The minimum absolute atomic E-state index is 0.0545. The molecule has 0 aliphatic rings. The van der Waals surface area contributed by atoms with Crippen molar-refractivity contribution < 1.29 is 21.6 Å². The molecule has 1 aromatic heterocycles. The molecule has 0 saturated carbocycles. The van der Waals surface area contributed by atoms with Gasteiger partial charge in [0, 0.05) is 19.2 Å². The summed E-state index contributed by atoms with van der Waals surface area (Å²) in [6, 6.07) is 2.59. The summed E-state index contributed by atoms with van der Waals surface area (Å²) in [5, 5.41) is 0.157. The molecule has 0 fully saturated rings. The number of pyridine rings is 1. The molecule has 9 heteroatoms. The standard InChI is InChI=1S/C10H12ClF3N2O2S/c11-9-4-3-8(7-15-9)19(17,18)16-6-2-1-5-10(12,13)14/h3-4,7,16H,1-2,5-6H2. The van der Waals surface area contributed by atoms with Crippen molar-refractivity contribution in [1.29, 1.82) is 0 Å². The second-order valence-corrected chi connectivity index (χ2v) is 5.94. The van der Waals surface area contributed by atoms with Crippen LogP contribution in [0.3, 0.4) is 0 Å². The lowest BCUT2D eigenvalue weighted by molar-refractivity contribution is -0.135. The molecule has 0 aliphatic carbocycles. The Balaban J connectivity index is 2.42. The number of nitrogens with one attached hydrogen (secondary N) is 1. The van der Waals surface area contributed by atoms with Gasteiger partial charge < -0.3 is 0 Å². The fraction of sp³-hybridized carbons (Fsp3) is 0.500. The molecule has 0 bridgehead atoms. The fourth-order valence-electron chi connectivity index (χ4n) is 1.26. The van der Waals surface area contributed by atoms with E-state index < -0.39 is 22.6 Å². The normalized spacial score (nSPS) is 12.6. The van der Waals surface area contributed by atoms with Gasteiger partial charge in [0.05, 0.1) is 0 Å². The predicted molar refractivity (Wildman–Crippen MR) is 64.3 cm³/mol. The van der Waals surface area contributed by atoms with Crippen LogP contribution in [0.5, 0.6) is 0 Å². The number of halogens is 4. The van der Waals surface area contributed by atoms with E-state index in [0.29, 0.717) is 0 Å². The van der Waals surface area contributed by atoms with Crippen LogP contribution in [0.4, 0.5) is 13.2 Å². The van der Waals surface area contributed by atoms with Crippen LogP contribution < -0.4 is 4.72 Å². The van der Waals surface area contributed by atoms with Crippen LogP contribution in [0.1, 0.15) is 19.3 Å². The predicted octanol–water partition coefficient (Wildman–Crippen LogP) is 2.75. The Morgan fingerprint density at radius 1 is 1.26 bits per heavy atom. The Kier molecular flexibility index (Phi) is 5.57. The molecule has 0 spiro atoms. The molecule has 0 radical (unpaired) electrons. The van der Waals surface area contributed by atoms with Gasteiger partial charge >= 0.3 is 6.18 Å². The zero-order valence-electron chi connectivity index (χ0n) is 9.74.